The molecule has 1 aromatic heterocycles. The molecule has 1 aromatic rings. The summed E-state index contributed by atoms with van der Waals surface area (Å²) in [6.45, 7) is 0. The monoisotopic (exact) mass is 112 g/mol. The van der Waals surface area contributed by atoms with Crippen LogP contribution in [0.1, 0.15) is 2.74 Å². The standard InChI is InChI=1S/C5H6N2O/c6-5-4(8)2-1-3-7-5/h1-3,8H,(H2,6,7)/i2D,3D. The lowest BCUT2D eigenvalue weighted by Gasteiger charge is -1.91. The highest BCUT2D eigenvalue weighted by molar-refractivity contribution is 5.42. The molecule has 1 heterocycles. The van der Waals surface area contributed by atoms with Crippen LogP contribution in [0.15, 0.2) is 18.3 Å². The summed E-state index contributed by atoms with van der Waals surface area (Å²) in [5.74, 6) is -0.534. The van der Waals surface area contributed by atoms with Crippen LogP contribution in [0.5, 0.6) is 5.75 Å². The van der Waals surface area contributed by atoms with E-state index < -0.39 is 0 Å². The summed E-state index contributed by atoms with van der Waals surface area (Å²) >= 11 is 0. The molecular weight excluding hydrogens is 104 g/mol. The molecule has 0 spiro atoms. The predicted molar refractivity (Wildman–Crippen MR) is 30.3 cm³/mol. The number of hydrogen-bond donors (Lipinski definition) is 2. The van der Waals surface area contributed by atoms with Gasteiger partial charge in [0.15, 0.2) is 11.6 Å². The zero-order chi connectivity index (χ0) is 7.72. The lowest BCUT2D eigenvalue weighted by atomic mass is 10.4. The Morgan fingerprint density at radius 1 is 1.88 bits per heavy atom. The van der Waals surface area contributed by atoms with Crippen molar-refractivity contribution in [2.45, 2.75) is 0 Å². The molecule has 0 atom stereocenters. The summed E-state index contributed by atoms with van der Waals surface area (Å²) in [5.41, 5.74) is 5.12. The van der Waals surface area contributed by atoms with E-state index in [1.807, 2.05) is 0 Å². The molecule has 0 aliphatic carbocycles. The van der Waals surface area contributed by atoms with E-state index in [2.05, 4.69) is 4.98 Å². The summed E-state index contributed by atoms with van der Waals surface area (Å²) in [7, 11) is 0. The van der Waals surface area contributed by atoms with Crippen LogP contribution in [0, 0.1) is 0 Å². The van der Waals surface area contributed by atoms with E-state index in [0.29, 0.717) is 0 Å². The topological polar surface area (TPSA) is 59.1 Å². The minimum absolute atomic E-state index is 0.111. The minimum Gasteiger partial charge on any atom is -0.504 e. The molecule has 0 aromatic carbocycles. The summed E-state index contributed by atoms with van der Waals surface area (Å²) < 4.78 is 14.0. The molecule has 1 rings (SSSR count). The summed E-state index contributed by atoms with van der Waals surface area (Å²) in [6.07, 6.45) is -0.111. The van der Waals surface area contributed by atoms with E-state index in [0.717, 1.165) is 6.07 Å². The molecule has 0 aliphatic rings. The second kappa shape index (κ2) is 1.69. The number of nitrogens with two attached hydrogens (primary N) is 1. The van der Waals surface area contributed by atoms with Crippen molar-refractivity contribution in [3.05, 3.63) is 18.3 Å². The van der Waals surface area contributed by atoms with Crippen LogP contribution >= 0.6 is 0 Å². The average molecular weight is 112 g/mol. The number of aromatic hydroxyl groups is 1. The fourth-order valence-electron chi connectivity index (χ4n) is 0.329. The van der Waals surface area contributed by atoms with Gasteiger partial charge >= 0.3 is 0 Å². The third-order valence-corrected chi connectivity index (χ3v) is 0.701. The van der Waals surface area contributed by atoms with Gasteiger partial charge in [-0.2, -0.15) is 0 Å². The van der Waals surface area contributed by atoms with Gasteiger partial charge in [0.2, 0.25) is 0 Å². The van der Waals surface area contributed by atoms with Crippen molar-refractivity contribution >= 4 is 5.82 Å². The quantitative estimate of drug-likeness (QED) is 0.509. The Morgan fingerprint density at radius 2 is 2.62 bits per heavy atom. The third kappa shape index (κ3) is 0.703. The smallest absolute Gasteiger partial charge is 0.165 e. The van der Waals surface area contributed by atoms with E-state index in [1.165, 1.54) is 0 Å². The van der Waals surface area contributed by atoms with Gasteiger partial charge in [-0.3, -0.25) is 0 Å². The molecule has 0 fully saturated rings. The second-order valence-corrected chi connectivity index (χ2v) is 1.26. The van der Waals surface area contributed by atoms with Crippen LogP contribution in [0.4, 0.5) is 5.82 Å². The van der Waals surface area contributed by atoms with Gasteiger partial charge in [0.25, 0.3) is 0 Å². The lowest BCUT2D eigenvalue weighted by molar-refractivity contribution is 0.476. The average Bonchev–Trinajstić information content (AvgIpc) is 1.82. The van der Waals surface area contributed by atoms with Crippen LogP contribution in [-0.2, 0) is 0 Å². The van der Waals surface area contributed by atoms with Crippen molar-refractivity contribution in [3.63, 3.8) is 0 Å². The first-order valence-corrected chi connectivity index (χ1v) is 2.04. The Kier molecular flexibility index (Phi) is 0.617. The van der Waals surface area contributed by atoms with E-state index >= 15 is 0 Å². The zero-order valence-corrected chi connectivity index (χ0v) is 4.05. The van der Waals surface area contributed by atoms with Crippen LogP contribution in [0.2, 0.25) is 0 Å². The van der Waals surface area contributed by atoms with Crippen LogP contribution < -0.4 is 5.73 Å². The Labute approximate surface area is 49.6 Å². The van der Waals surface area contributed by atoms with E-state index in [9.17, 15) is 0 Å². The highest BCUT2D eigenvalue weighted by Gasteiger charge is 1.89. The van der Waals surface area contributed by atoms with Gasteiger partial charge in [-0.15, -0.1) is 0 Å². The Hall–Kier alpha value is -1.25. The third-order valence-electron chi connectivity index (χ3n) is 0.701. The lowest BCUT2D eigenvalue weighted by Crippen LogP contribution is -1.87. The van der Waals surface area contributed by atoms with Crippen molar-refractivity contribution in [1.29, 1.82) is 0 Å². The van der Waals surface area contributed by atoms with Gasteiger partial charge in [-0.05, 0) is 12.1 Å². The van der Waals surface area contributed by atoms with Gasteiger partial charge in [0.1, 0.15) is 0 Å². The summed E-state index contributed by atoms with van der Waals surface area (Å²) in [5, 5.41) is 8.87. The molecule has 3 nitrogen and oxygen atoms in total. The molecule has 0 saturated carbocycles. The predicted octanol–water partition coefficient (Wildman–Crippen LogP) is 0.369. The SMILES string of the molecule is [2H]c1cc([2H])c(O)c(N)n1. The van der Waals surface area contributed by atoms with E-state index in [-0.39, 0.29) is 23.8 Å². The van der Waals surface area contributed by atoms with Gasteiger partial charge in [-0.25, -0.2) is 4.98 Å². The first kappa shape index (κ1) is 2.91. The van der Waals surface area contributed by atoms with Crippen molar-refractivity contribution in [2.24, 2.45) is 0 Å². The fourth-order valence-corrected chi connectivity index (χ4v) is 0.329. The molecule has 3 heteroatoms. The number of nitrogens with zero attached hydrogens (tertiary/aromatic N) is 1. The molecule has 3 N–H and O–H groups in total. The number of anilines is 1. The van der Waals surface area contributed by atoms with Crippen molar-refractivity contribution in [1.82, 2.24) is 4.98 Å². The molecule has 0 aliphatic heterocycles. The van der Waals surface area contributed by atoms with Crippen LogP contribution in [-0.4, -0.2) is 10.1 Å². The highest BCUT2D eigenvalue weighted by atomic mass is 16.3. The normalized spacial score (nSPS) is 12.5. The maximum Gasteiger partial charge on any atom is 0.165 e. The fraction of sp³-hybridized carbons (Fsp3) is 0. The zero-order valence-electron chi connectivity index (χ0n) is 6.05. The van der Waals surface area contributed by atoms with Gasteiger partial charge < -0.3 is 10.8 Å². The Balaban J connectivity index is 3.31. The second-order valence-electron chi connectivity index (χ2n) is 1.26. The number of hydrogen-bond acceptors (Lipinski definition) is 3. The maximum atomic E-state index is 8.87. The molecule has 0 unspecified atom stereocenters. The van der Waals surface area contributed by atoms with Crippen molar-refractivity contribution in [3.8, 4) is 5.75 Å². The number of nitrogen functional groups attached to an aromatic ring is 1. The number of pyridine rings is 1. The summed E-state index contributed by atoms with van der Waals surface area (Å²) in [6, 6.07) is 0.948. The van der Waals surface area contributed by atoms with Gasteiger partial charge in [0, 0.05) is 6.17 Å². The molecule has 0 amide bonds. The summed E-state index contributed by atoms with van der Waals surface area (Å²) in [4.78, 5) is 3.41. The Bertz CT molecular complexity index is 241. The maximum absolute atomic E-state index is 8.87. The first-order valence-electron chi connectivity index (χ1n) is 3.04. The Morgan fingerprint density at radius 3 is 3.25 bits per heavy atom. The molecule has 0 bridgehead atoms. The number of aromatic nitrogens is 1. The molecular formula is C5H6N2O. The largest absolute Gasteiger partial charge is 0.504 e. The van der Waals surface area contributed by atoms with Crippen molar-refractivity contribution < 1.29 is 7.85 Å². The van der Waals surface area contributed by atoms with Gasteiger partial charge in [-0.1, -0.05) is 0 Å². The van der Waals surface area contributed by atoms with E-state index in [4.69, 9.17) is 13.6 Å². The molecule has 42 valence electrons. The molecule has 0 radical (unpaired) electrons. The first-order chi connectivity index (χ1) is 4.61. The van der Waals surface area contributed by atoms with Gasteiger partial charge in [0.05, 0.1) is 2.74 Å². The minimum atomic E-state index is -0.365. The highest BCUT2D eigenvalue weighted by Crippen LogP contribution is 2.12. The van der Waals surface area contributed by atoms with Crippen molar-refractivity contribution in [2.75, 3.05) is 5.73 Å². The molecule has 8 heavy (non-hydrogen) atoms. The van der Waals surface area contributed by atoms with Crippen LogP contribution in [0.3, 0.4) is 0 Å². The van der Waals surface area contributed by atoms with E-state index in [1.54, 1.807) is 0 Å². The van der Waals surface area contributed by atoms with Crippen LogP contribution in [0.25, 0.3) is 0 Å². The number of rotatable bonds is 0. The molecule has 0 saturated heterocycles.